The monoisotopic (exact) mass is 359 g/mol. The topological polar surface area (TPSA) is 122 Å². The van der Waals surface area contributed by atoms with Crippen molar-refractivity contribution in [2.24, 2.45) is 0 Å². The zero-order valence-corrected chi connectivity index (χ0v) is 13.9. The van der Waals surface area contributed by atoms with Crippen molar-refractivity contribution in [2.45, 2.75) is 6.04 Å². The fraction of sp³-hybridized carbons (Fsp3) is 0.0556. The van der Waals surface area contributed by atoms with Crippen LogP contribution in [0.1, 0.15) is 17.2 Å². The van der Waals surface area contributed by atoms with Gasteiger partial charge in [0, 0.05) is 11.1 Å². The van der Waals surface area contributed by atoms with E-state index in [1.165, 1.54) is 0 Å². The quantitative estimate of drug-likeness (QED) is 0.439. The Morgan fingerprint density at radius 3 is 2.59 bits per heavy atom. The molecule has 4 aromatic rings. The largest absolute Gasteiger partial charge is 0.508 e. The molecule has 0 radical (unpaired) electrons. The third-order valence-corrected chi connectivity index (χ3v) is 4.47. The van der Waals surface area contributed by atoms with Gasteiger partial charge in [-0.1, -0.05) is 47.6 Å². The van der Waals surface area contributed by atoms with Crippen LogP contribution in [0.4, 0.5) is 11.6 Å². The fourth-order valence-electron chi connectivity index (χ4n) is 3.33. The maximum absolute atomic E-state index is 10.3. The van der Waals surface area contributed by atoms with Gasteiger partial charge in [-0.2, -0.15) is 4.68 Å². The second-order valence-electron chi connectivity index (χ2n) is 6.10. The van der Waals surface area contributed by atoms with Crippen molar-refractivity contribution in [1.82, 2.24) is 30.4 Å². The molecule has 2 aromatic heterocycles. The Kier molecular flexibility index (Phi) is 3.26. The second-order valence-corrected chi connectivity index (χ2v) is 6.10. The predicted molar refractivity (Wildman–Crippen MR) is 95.6 cm³/mol. The summed E-state index contributed by atoms with van der Waals surface area (Å²) in [6, 6.07) is 15.9. The molecule has 0 bridgehead atoms. The highest BCUT2D eigenvalue weighted by Crippen LogP contribution is 2.45. The van der Waals surface area contributed by atoms with Crippen LogP contribution in [0, 0.1) is 0 Å². The summed E-state index contributed by atoms with van der Waals surface area (Å²) in [5.74, 6) is 0.233. The first kappa shape index (κ1) is 15.3. The van der Waals surface area contributed by atoms with Gasteiger partial charge >= 0.3 is 0 Å². The number of tetrazole rings is 1. The molecule has 0 aliphatic carbocycles. The van der Waals surface area contributed by atoms with Crippen LogP contribution < -0.4 is 5.32 Å². The average molecular weight is 359 g/mol. The van der Waals surface area contributed by atoms with Crippen molar-refractivity contribution < 1.29 is 10.2 Å². The van der Waals surface area contributed by atoms with E-state index in [4.69, 9.17) is 0 Å². The zero-order valence-electron chi connectivity index (χ0n) is 13.9. The molecule has 1 unspecified atom stereocenters. The number of hydrogen-bond acceptors (Lipinski definition) is 8. The van der Waals surface area contributed by atoms with Gasteiger partial charge in [0.25, 0.3) is 5.88 Å². The molecule has 0 fully saturated rings. The van der Waals surface area contributed by atoms with Gasteiger partial charge < -0.3 is 15.5 Å². The summed E-state index contributed by atoms with van der Waals surface area (Å²) in [7, 11) is 0. The van der Waals surface area contributed by atoms with E-state index in [1.54, 1.807) is 22.9 Å². The standard InChI is InChI=1S/C18H13N7O2/c26-12-8-4-7-11(9-12)16-13-14(10-5-2-1-3-6-10)20-21-17(27)15(13)19-18-22-23-24-25(16)18/h1-9,16,26H,(H,21,27)(H,19,22,24). The van der Waals surface area contributed by atoms with Gasteiger partial charge in [0.1, 0.15) is 23.2 Å². The minimum Gasteiger partial charge on any atom is -0.508 e. The third-order valence-electron chi connectivity index (χ3n) is 4.47. The van der Waals surface area contributed by atoms with Crippen molar-refractivity contribution >= 4 is 11.6 Å². The van der Waals surface area contributed by atoms with Gasteiger partial charge in [0.2, 0.25) is 5.95 Å². The van der Waals surface area contributed by atoms with Crippen LogP contribution in [0.3, 0.4) is 0 Å². The van der Waals surface area contributed by atoms with Gasteiger partial charge in [-0.15, -0.1) is 10.2 Å². The lowest BCUT2D eigenvalue weighted by Gasteiger charge is -2.28. The lowest BCUT2D eigenvalue weighted by molar-refractivity contribution is 0.443. The fourth-order valence-corrected chi connectivity index (χ4v) is 3.33. The van der Waals surface area contributed by atoms with Gasteiger partial charge in [0.05, 0.1) is 0 Å². The second kappa shape index (κ2) is 5.77. The van der Waals surface area contributed by atoms with Crippen LogP contribution >= 0.6 is 0 Å². The van der Waals surface area contributed by atoms with E-state index in [2.05, 4.69) is 31.0 Å². The smallest absolute Gasteiger partial charge is 0.255 e. The zero-order chi connectivity index (χ0) is 18.4. The van der Waals surface area contributed by atoms with E-state index < -0.39 is 6.04 Å². The molecule has 27 heavy (non-hydrogen) atoms. The van der Waals surface area contributed by atoms with Crippen molar-refractivity contribution in [2.75, 3.05) is 5.32 Å². The summed E-state index contributed by atoms with van der Waals surface area (Å²) in [5, 5.41) is 43.3. The first-order valence-electron chi connectivity index (χ1n) is 8.21. The Balaban J connectivity index is 1.83. The molecule has 3 N–H and O–H groups in total. The number of phenolic OH excluding ortho intramolecular Hbond substituents is 1. The molecule has 2 aromatic carbocycles. The normalized spacial score (nSPS) is 14.9. The molecule has 0 spiro atoms. The minimum atomic E-state index is -0.505. The number of nitrogens with one attached hydrogen (secondary N) is 1. The van der Waals surface area contributed by atoms with Gasteiger partial charge in [-0.25, -0.2) is 0 Å². The minimum absolute atomic E-state index is 0.120. The first-order chi connectivity index (χ1) is 13.2. The van der Waals surface area contributed by atoms with E-state index in [0.717, 1.165) is 11.1 Å². The summed E-state index contributed by atoms with van der Waals surface area (Å²) in [5.41, 5.74) is 3.23. The summed E-state index contributed by atoms with van der Waals surface area (Å²) in [6.07, 6.45) is 0. The van der Waals surface area contributed by atoms with Crippen molar-refractivity contribution in [3.8, 4) is 22.9 Å². The molecule has 5 rings (SSSR count). The number of aromatic nitrogens is 6. The first-order valence-corrected chi connectivity index (χ1v) is 8.21. The molecule has 1 aliphatic heterocycles. The molecular weight excluding hydrogens is 346 g/mol. The van der Waals surface area contributed by atoms with E-state index in [0.29, 0.717) is 22.9 Å². The number of aromatic hydroxyl groups is 2. The van der Waals surface area contributed by atoms with Crippen LogP contribution in [-0.2, 0) is 0 Å². The Hall–Kier alpha value is -4.01. The summed E-state index contributed by atoms with van der Waals surface area (Å²) in [4.78, 5) is 0. The van der Waals surface area contributed by atoms with E-state index >= 15 is 0 Å². The van der Waals surface area contributed by atoms with Crippen molar-refractivity contribution in [3.63, 3.8) is 0 Å². The van der Waals surface area contributed by atoms with Crippen LogP contribution in [0.2, 0.25) is 0 Å². The summed E-state index contributed by atoms with van der Waals surface area (Å²) < 4.78 is 1.59. The molecule has 1 aliphatic rings. The molecule has 9 heteroatoms. The highest BCUT2D eigenvalue weighted by atomic mass is 16.3. The van der Waals surface area contributed by atoms with Crippen molar-refractivity contribution in [3.05, 3.63) is 65.7 Å². The molecule has 0 amide bonds. The average Bonchev–Trinajstić information content (AvgIpc) is 3.16. The number of rotatable bonds is 2. The predicted octanol–water partition coefficient (Wildman–Crippen LogP) is 2.24. The van der Waals surface area contributed by atoms with Crippen LogP contribution in [0.25, 0.3) is 11.3 Å². The Morgan fingerprint density at radius 1 is 0.926 bits per heavy atom. The molecular formula is C18H13N7O2. The van der Waals surface area contributed by atoms with Crippen molar-refractivity contribution in [1.29, 1.82) is 0 Å². The molecule has 0 saturated heterocycles. The van der Waals surface area contributed by atoms with Crippen LogP contribution in [0.5, 0.6) is 11.6 Å². The maximum atomic E-state index is 10.3. The number of anilines is 2. The highest BCUT2D eigenvalue weighted by molar-refractivity contribution is 5.78. The lowest BCUT2D eigenvalue weighted by Crippen LogP contribution is -2.24. The number of hydrogen-bond donors (Lipinski definition) is 3. The lowest BCUT2D eigenvalue weighted by atomic mass is 9.92. The molecule has 1 atom stereocenters. The molecule has 0 saturated carbocycles. The van der Waals surface area contributed by atoms with Crippen LogP contribution in [0.15, 0.2) is 54.6 Å². The number of benzene rings is 2. The molecule has 3 heterocycles. The summed E-state index contributed by atoms with van der Waals surface area (Å²) in [6.45, 7) is 0. The van der Waals surface area contributed by atoms with Gasteiger partial charge in [-0.3, -0.25) is 0 Å². The number of nitrogens with zero attached hydrogens (tertiary/aromatic N) is 6. The van der Waals surface area contributed by atoms with E-state index in [-0.39, 0.29) is 11.6 Å². The van der Waals surface area contributed by atoms with Gasteiger partial charge in [0.15, 0.2) is 0 Å². The third kappa shape index (κ3) is 2.36. The Labute approximate surface area is 152 Å². The molecule has 9 nitrogen and oxygen atoms in total. The van der Waals surface area contributed by atoms with E-state index in [1.807, 2.05) is 36.4 Å². The number of phenols is 1. The SMILES string of the molecule is Oc1cccc(C2c3c(-c4ccccc4)nnc(O)c3Nc3nnnn32)c1. The molecule has 132 valence electrons. The Morgan fingerprint density at radius 2 is 1.78 bits per heavy atom. The summed E-state index contributed by atoms with van der Waals surface area (Å²) >= 11 is 0. The van der Waals surface area contributed by atoms with E-state index in [9.17, 15) is 10.2 Å². The van der Waals surface area contributed by atoms with Crippen LogP contribution in [-0.4, -0.2) is 40.6 Å². The Bertz CT molecular complexity index is 1140. The van der Waals surface area contributed by atoms with Gasteiger partial charge in [-0.05, 0) is 28.1 Å². The maximum Gasteiger partial charge on any atom is 0.255 e. The number of fused-ring (bicyclic) bond motifs is 2. The highest BCUT2D eigenvalue weighted by Gasteiger charge is 2.35.